The molecule has 1 N–H and O–H groups in total. The second kappa shape index (κ2) is 5.49. The molecule has 0 aliphatic heterocycles. The van der Waals surface area contributed by atoms with Crippen LogP contribution in [0.3, 0.4) is 0 Å². The summed E-state index contributed by atoms with van der Waals surface area (Å²) in [6.45, 7) is 4.73. The number of allylic oxidation sites excluding steroid dienone is 2. The lowest BCUT2D eigenvalue weighted by molar-refractivity contribution is -0.255. The molecule has 0 fully saturated rings. The number of carboxylic acid groups (broad SMARTS) is 1. The third kappa shape index (κ3) is 3.70. The highest BCUT2D eigenvalue weighted by atomic mass is 16.4. The van der Waals surface area contributed by atoms with Gasteiger partial charge in [0.25, 0.3) is 0 Å². The fraction of sp³-hybridized carbons (Fsp3) is 0.375. The minimum Gasteiger partial charge on any atom is -0.545 e. The Labute approximate surface area is 118 Å². The summed E-state index contributed by atoms with van der Waals surface area (Å²) in [5, 5.41) is 13.9. The second-order valence-corrected chi connectivity index (χ2v) is 5.99. The van der Waals surface area contributed by atoms with Gasteiger partial charge in [-0.25, -0.2) is 0 Å². The van der Waals surface area contributed by atoms with Gasteiger partial charge in [-0.05, 0) is 23.0 Å². The van der Waals surface area contributed by atoms with E-state index in [-0.39, 0.29) is 16.8 Å². The van der Waals surface area contributed by atoms with Gasteiger partial charge in [-0.3, -0.25) is 4.79 Å². The Morgan fingerprint density at radius 2 is 1.90 bits per heavy atom. The van der Waals surface area contributed by atoms with Gasteiger partial charge in [0, 0.05) is 24.7 Å². The standard InChI is InChI=1S/C16H19NO3/c1-16(2)8-13(7-14(18)9-16)17-10-11-3-5-12(6-4-11)15(19)20/h3-7,17H,8-10H2,1-2H3,(H,19,20)/p-1. The third-order valence-electron chi connectivity index (χ3n) is 3.37. The summed E-state index contributed by atoms with van der Waals surface area (Å²) in [5.74, 6) is -1.03. The Hall–Kier alpha value is -2.10. The molecule has 4 nitrogen and oxygen atoms in total. The van der Waals surface area contributed by atoms with Crippen LogP contribution in [0, 0.1) is 5.41 Å². The molecule has 0 spiro atoms. The summed E-state index contributed by atoms with van der Waals surface area (Å²) in [7, 11) is 0. The largest absolute Gasteiger partial charge is 0.545 e. The van der Waals surface area contributed by atoms with Crippen molar-refractivity contribution in [3.63, 3.8) is 0 Å². The van der Waals surface area contributed by atoms with Crippen LogP contribution in [0.15, 0.2) is 36.0 Å². The average molecular weight is 272 g/mol. The van der Waals surface area contributed by atoms with Crippen molar-refractivity contribution in [2.24, 2.45) is 5.41 Å². The van der Waals surface area contributed by atoms with Crippen LogP contribution in [-0.4, -0.2) is 11.8 Å². The van der Waals surface area contributed by atoms with Crippen molar-refractivity contribution in [3.05, 3.63) is 47.2 Å². The number of carboxylic acids is 1. The zero-order valence-corrected chi connectivity index (χ0v) is 11.7. The van der Waals surface area contributed by atoms with Crippen molar-refractivity contribution in [3.8, 4) is 0 Å². The maximum atomic E-state index is 11.6. The van der Waals surface area contributed by atoms with Crippen LogP contribution >= 0.6 is 0 Å². The average Bonchev–Trinajstić information content (AvgIpc) is 2.34. The summed E-state index contributed by atoms with van der Waals surface area (Å²) in [4.78, 5) is 22.3. The van der Waals surface area contributed by atoms with Crippen LogP contribution in [0.2, 0.25) is 0 Å². The molecule has 1 aromatic carbocycles. The van der Waals surface area contributed by atoms with Gasteiger partial charge < -0.3 is 15.2 Å². The van der Waals surface area contributed by atoms with Crippen LogP contribution in [-0.2, 0) is 11.3 Å². The van der Waals surface area contributed by atoms with Gasteiger partial charge in [0.05, 0.1) is 5.97 Å². The van der Waals surface area contributed by atoms with E-state index in [4.69, 9.17) is 0 Å². The Morgan fingerprint density at radius 1 is 1.25 bits per heavy atom. The topological polar surface area (TPSA) is 69.2 Å². The number of aromatic carboxylic acids is 1. The lowest BCUT2D eigenvalue weighted by Gasteiger charge is -2.29. The van der Waals surface area contributed by atoms with Gasteiger partial charge in [-0.2, -0.15) is 0 Å². The van der Waals surface area contributed by atoms with E-state index in [2.05, 4.69) is 19.2 Å². The van der Waals surface area contributed by atoms with Crippen molar-refractivity contribution < 1.29 is 14.7 Å². The molecule has 0 bridgehead atoms. The zero-order chi connectivity index (χ0) is 14.8. The van der Waals surface area contributed by atoms with Crippen molar-refractivity contribution >= 4 is 11.8 Å². The first-order chi connectivity index (χ1) is 9.35. The monoisotopic (exact) mass is 272 g/mol. The molecule has 0 heterocycles. The smallest absolute Gasteiger partial charge is 0.157 e. The zero-order valence-electron chi connectivity index (χ0n) is 11.7. The summed E-state index contributed by atoms with van der Waals surface area (Å²) >= 11 is 0. The predicted octanol–water partition coefficient (Wildman–Crippen LogP) is 1.41. The highest BCUT2D eigenvalue weighted by Crippen LogP contribution is 2.32. The molecule has 2 rings (SSSR count). The third-order valence-corrected chi connectivity index (χ3v) is 3.37. The minimum atomic E-state index is -1.17. The van der Waals surface area contributed by atoms with Crippen molar-refractivity contribution in [1.82, 2.24) is 5.32 Å². The SMILES string of the molecule is CC1(C)CC(=O)C=C(NCc2ccc(C(=O)[O-])cc2)C1. The van der Waals surface area contributed by atoms with Crippen LogP contribution in [0.5, 0.6) is 0 Å². The number of hydrogen-bond donors (Lipinski definition) is 1. The number of benzene rings is 1. The van der Waals surface area contributed by atoms with E-state index >= 15 is 0 Å². The summed E-state index contributed by atoms with van der Waals surface area (Å²) in [5.41, 5.74) is 2.07. The van der Waals surface area contributed by atoms with Gasteiger partial charge in [0.2, 0.25) is 0 Å². The Morgan fingerprint density at radius 3 is 2.45 bits per heavy atom. The summed E-state index contributed by atoms with van der Waals surface area (Å²) in [6, 6.07) is 6.54. The van der Waals surface area contributed by atoms with Gasteiger partial charge in [0.15, 0.2) is 5.78 Å². The molecule has 0 radical (unpaired) electrons. The minimum absolute atomic E-state index is 0.00694. The highest BCUT2D eigenvalue weighted by molar-refractivity contribution is 5.91. The number of carbonyl (C=O) groups excluding carboxylic acids is 2. The molecule has 1 aliphatic carbocycles. The lowest BCUT2D eigenvalue weighted by Crippen LogP contribution is -2.27. The molecule has 0 saturated heterocycles. The molecular formula is C16H18NO3-. The first kappa shape index (κ1) is 14.3. The normalized spacial score (nSPS) is 17.5. The number of ketones is 1. The van der Waals surface area contributed by atoms with Crippen LogP contribution in [0.25, 0.3) is 0 Å². The van der Waals surface area contributed by atoms with Crippen molar-refractivity contribution in [1.29, 1.82) is 0 Å². The van der Waals surface area contributed by atoms with Gasteiger partial charge in [-0.1, -0.05) is 38.1 Å². The van der Waals surface area contributed by atoms with E-state index in [1.807, 2.05) is 0 Å². The van der Waals surface area contributed by atoms with Crippen molar-refractivity contribution in [2.45, 2.75) is 33.2 Å². The Balaban J connectivity index is 1.98. The molecule has 106 valence electrons. The first-order valence-corrected chi connectivity index (χ1v) is 6.63. The van der Waals surface area contributed by atoms with E-state index < -0.39 is 5.97 Å². The van der Waals surface area contributed by atoms with E-state index in [1.165, 1.54) is 12.1 Å². The molecule has 1 aliphatic rings. The van der Waals surface area contributed by atoms with Crippen LogP contribution < -0.4 is 10.4 Å². The molecule has 0 aromatic heterocycles. The summed E-state index contributed by atoms with van der Waals surface area (Å²) < 4.78 is 0. The van der Waals surface area contributed by atoms with Crippen LogP contribution in [0.4, 0.5) is 0 Å². The van der Waals surface area contributed by atoms with Gasteiger partial charge >= 0.3 is 0 Å². The predicted molar refractivity (Wildman–Crippen MR) is 73.7 cm³/mol. The molecule has 20 heavy (non-hydrogen) atoms. The Kier molecular flexibility index (Phi) is 3.93. The maximum absolute atomic E-state index is 11.6. The molecule has 0 saturated carbocycles. The molecular weight excluding hydrogens is 254 g/mol. The lowest BCUT2D eigenvalue weighted by atomic mass is 9.79. The van der Waals surface area contributed by atoms with Gasteiger partial charge in [0.1, 0.15) is 0 Å². The van der Waals surface area contributed by atoms with Gasteiger partial charge in [-0.15, -0.1) is 0 Å². The highest BCUT2D eigenvalue weighted by Gasteiger charge is 2.27. The van der Waals surface area contributed by atoms with Crippen LogP contribution in [0.1, 0.15) is 42.6 Å². The van der Waals surface area contributed by atoms with E-state index in [9.17, 15) is 14.7 Å². The number of carbonyl (C=O) groups is 2. The van der Waals surface area contributed by atoms with E-state index in [0.717, 1.165) is 17.7 Å². The second-order valence-electron chi connectivity index (χ2n) is 5.99. The molecule has 0 unspecified atom stereocenters. The fourth-order valence-electron chi connectivity index (χ4n) is 2.43. The number of nitrogens with one attached hydrogen (secondary N) is 1. The maximum Gasteiger partial charge on any atom is 0.157 e. The molecule has 4 heteroatoms. The summed E-state index contributed by atoms with van der Waals surface area (Å²) in [6.07, 6.45) is 3.09. The number of rotatable bonds is 4. The molecule has 1 aromatic rings. The molecule has 0 amide bonds. The molecule has 0 atom stereocenters. The van der Waals surface area contributed by atoms with E-state index in [0.29, 0.717) is 13.0 Å². The van der Waals surface area contributed by atoms with E-state index in [1.54, 1.807) is 18.2 Å². The quantitative estimate of drug-likeness (QED) is 0.899. The number of hydrogen-bond acceptors (Lipinski definition) is 4. The Bertz CT molecular complexity index is 556. The fourth-order valence-corrected chi connectivity index (χ4v) is 2.43. The first-order valence-electron chi connectivity index (χ1n) is 6.63. The van der Waals surface area contributed by atoms with Crippen molar-refractivity contribution in [2.75, 3.05) is 0 Å².